The quantitative estimate of drug-likeness (QED) is 0.255. The van der Waals surface area contributed by atoms with Gasteiger partial charge in [0.2, 0.25) is 5.91 Å². The summed E-state index contributed by atoms with van der Waals surface area (Å²) in [5.41, 5.74) is 0.721. The largest absolute Gasteiger partial charge is 0.465 e. The van der Waals surface area contributed by atoms with Crippen molar-refractivity contribution in [2.24, 2.45) is 11.8 Å². The van der Waals surface area contributed by atoms with E-state index in [2.05, 4.69) is 13.2 Å². The Morgan fingerprint density at radius 2 is 2.00 bits per heavy atom. The van der Waals surface area contributed by atoms with Crippen LogP contribution in [0, 0.1) is 11.8 Å². The van der Waals surface area contributed by atoms with Gasteiger partial charge in [0.15, 0.2) is 0 Å². The van der Waals surface area contributed by atoms with Gasteiger partial charge in [0, 0.05) is 17.5 Å². The van der Waals surface area contributed by atoms with Crippen molar-refractivity contribution in [3.63, 3.8) is 0 Å². The van der Waals surface area contributed by atoms with E-state index in [1.54, 1.807) is 40.6 Å². The normalized spacial score (nSPS) is 27.8. The van der Waals surface area contributed by atoms with E-state index >= 15 is 0 Å². The van der Waals surface area contributed by atoms with Crippen LogP contribution in [0.4, 0.5) is 5.69 Å². The highest BCUT2D eigenvalue weighted by Gasteiger charge is 2.74. The van der Waals surface area contributed by atoms with Gasteiger partial charge in [-0.3, -0.25) is 14.4 Å². The first-order valence-electron chi connectivity index (χ1n) is 13.7. The van der Waals surface area contributed by atoms with Crippen LogP contribution in [0.15, 0.2) is 67.8 Å². The zero-order valence-corrected chi connectivity index (χ0v) is 23.1. The number of carbonyl (C=O) groups excluding carboxylic acids is 3. The maximum absolute atomic E-state index is 14.6. The van der Waals surface area contributed by atoms with Crippen LogP contribution in [-0.2, 0) is 19.1 Å². The van der Waals surface area contributed by atoms with Gasteiger partial charge < -0.3 is 19.6 Å². The second-order valence-electron chi connectivity index (χ2n) is 10.7. The molecule has 2 unspecified atom stereocenters. The van der Waals surface area contributed by atoms with E-state index < -0.39 is 28.7 Å². The van der Waals surface area contributed by atoms with Gasteiger partial charge in [0.05, 0.1) is 35.8 Å². The van der Waals surface area contributed by atoms with Gasteiger partial charge in [-0.15, -0.1) is 24.9 Å². The first-order chi connectivity index (χ1) is 18.9. The number of allylic oxidation sites excluding steroid dienone is 1. The molecule has 3 saturated heterocycles. The number of unbranched alkanes of at least 4 members (excludes halogenated alkanes) is 1. The van der Waals surface area contributed by atoms with Gasteiger partial charge in [-0.1, -0.05) is 42.5 Å². The van der Waals surface area contributed by atoms with E-state index in [0.717, 1.165) is 29.3 Å². The summed E-state index contributed by atoms with van der Waals surface area (Å²) < 4.78 is 4.87. The lowest BCUT2D eigenvalue weighted by molar-refractivity contribution is -0.154. The molecule has 0 saturated carbocycles. The first-order valence-corrected chi connectivity index (χ1v) is 14.6. The zero-order valence-electron chi connectivity index (χ0n) is 22.3. The number of hydrogen-bond acceptors (Lipinski definition) is 6. The van der Waals surface area contributed by atoms with Crippen LogP contribution in [0.3, 0.4) is 0 Å². The molecule has 2 aromatic rings. The number of hydrogen-bond donors (Lipinski definition) is 1. The van der Waals surface area contributed by atoms with E-state index in [1.807, 2.05) is 42.5 Å². The van der Waals surface area contributed by atoms with Gasteiger partial charge in [0.1, 0.15) is 6.04 Å². The van der Waals surface area contributed by atoms with Crippen LogP contribution in [0.1, 0.15) is 32.6 Å². The molecule has 206 valence electrons. The van der Waals surface area contributed by atoms with Gasteiger partial charge in [-0.05, 0) is 55.5 Å². The van der Waals surface area contributed by atoms with Crippen LogP contribution in [0.5, 0.6) is 0 Å². The molecule has 3 fully saturated rings. The molecular formula is C31H36N2O5S. The predicted octanol–water partition coefficient (Wildman–Crippen LogP) is 4.34. The molecule has 6 atom stereocenters. The minimum absolute atomic E-state index is 0.0683. The van der Waals surface area contributed by atoms with Gasteiger partial charge in [-0.25, -0.2) is 0 Å². The topological polar surface area (TPSA) is 87.1 Å². The molecule has 2 amide bonds. The molecule has 0 aliphatic carbocycles. The Labute approximate surface area is 233 Å². The number of nitrogens with zero attached hydrogens (tertiary/aromatic N) is 2. The van der Waals surface area contributed by atoms with Crippen LogP contribution >= 0.6 is 11.8 Å². The third-order valence-electron chi connectivity index (χ3n) is 8.40. The Morgan fingerprint density at radius 1 is 1.23 bits per heavy atom. The number of carbonyl (C=O) groups is 3. The third kappa shape index (κ3) is 4.57. The summed E-state index contributed by atoms with van der Waals surface area (Å²) in [6.07, 6.45) is 6.29. The summed E-state index contributed by atoms with van der Waals surface area (Å²) in [5.74, 6) is -2.07. The summed E-state index contributed by atoms with van der Waals surface area (Å²) in [4.78, 5) is 45.1. The van der Waals surface area contributed by atoms with Crippen molar-refractivity contribution >= 4 is 46.0 Å². The minimum Gasteiger partial charge on any atom is -0.465 e. The molecule has 1 spiro atoms. The van der Waals surface area contributed by atoms with Crippen molar-refractivity contribution in [2.75, 3.05) is 24.7 Å². The highest BCUT2D eigenvalue weighted by atomic mass is 32.2. The van der Waals surface area contributed by atoms with Crippen molar-refractivity contribution in [1.82, 2.24) is 4.90 Å². The Bertz CT molecular complexity index is 1300. The number of ether oxygens (including phenoxy) is 1. The molecule has 8 heteroatoms. The van der Waals surface area contributed by atoms with E-state index in [1.165, 1.54) is 0 Å². The molecule has 3 aliphatic rings. The van der Waals surface area contributed by atoms with E-state index in [0.29, 0.717) is 12.8 Å². The number of thioether (sulfide) groups is 1. The Hall–Kier alpha value is -3.10. The number of aliphatic hydroxyl groups is 1. The van der Waals surface area contributed by atoms with E-state index in [9.17, 15) is 19.5 Å². The molecule has 2 bridgehead atoms. The average Bonchev–Trinajstić information content (AvgIpc) is 3.60. The van der Waals surface area contributed by atoms with Gasteiger partial charge in [-0.2, -0.15) is 0 Å². The highest BCUT2D eigenvalue weighted by Crippen LogP contribution is 2.67. The maximum atomic E-state index is 14.6. The number of benzene rings is 2. The summed E-state index contributed by atoms with van der Waals surface area (Å²) in [6, 6.07) is 12.5. The minimum atomic E-state index is -0.808. The number of esters is 1. The van der Waals surface area contributed by atoms with E-state index in [4.69, 9.17) is 4.74 Å². The lowest BCUT2D eigenvalue weighted by Crippen LogP contribution is -2.57. The monoisotopic (exact) mass is 548 g/mol. The zero-order chi connectivity index (χ0) is 27.7. The summed E-state index contributed by atoms with van der Waals surface area (Å²) >= 11 is 1.60. The molecule has 1 N–H and O–H groups in total. The van der Waals surface area contributed by atoms with Crippen molar-refractivity contribution in [1.29, 1.82) is 0 Å². The molecule has 39 heavy (non-hydrogen) atoms. The predicted molar refractivity (Wildman–Crippen MR) is 154 cm³/mol. The second kappa shape index (κ2) is 11.2. The number of rotatable bonds is 11. The van der Waals surface area contributed by atoms with Crippen molar-refractivity contribution in [3.8, 4) is 0 Å². The lowest BCUT2D eigenvalue weighted by atomic mass is 9.71. The Balaban J connectivity index is 1.52. The number of amides is 2. The van der Waals surface area contributed by atoms with Crippen LogP contribution < -0.4 is 4.90 Å². The first kappa shape index (κ1) is 27.5. The van der Waals surface area contributed by atoms with Crippen molar-refractivity contribution in [3.05, 3.63) is 67.8 Å². The standard InChI is InChI=1S/C31H36N2O5S/c1-4-6-9-17-38-30(37)25-24-14-15-31(39-24)26(25)28(35)33(20(3)19-34)27(31)29(36)32(16-5-2)23-13-12-21-10-7-8-11-22(21)18-23/h4-5,7-8,10-13,18,20,24-27,34H,1-2,6,9,14-17,19H2,3H3/t20-,24-,25+,26+,27?,31?/m1/s1. The third-order valence-corrected chi connectivity index (χ3v) is 10.4. The summed E-state index contributed by atoms with van der Waals surface area (Å²) in [6.45, 7) is 9.61. The number of likely N-dealkylation sites (tertiary alicyclic amines) is 1. The van der Waals surface area contributed by atoms with Crippen LogP contribution in [0.25, 0.3) is 10.8 Å². The molecule has 3 aliphatic heterocycles. The van der Waals surface area contributed by atoms with Gasteiger partial charge >= 0.3 is 5.97 Å². The highest BCUT2D eigenvalue weighted by molar-refractivity contribution is 8.02. The van der Waals surface area contributed by atoms with Crippen molar-refractivity contribution < 1.29 is 24.2 Å². The van der Waals surface area contributed by atoms with Gasteiger partial charge in [0.25, 0.3) is 5.91 Å². The molecule has 2 aromatic carbocycles. The Kier molecular flexibility index (Phi) is 7.87. The van der Waals surface area contributed by atoms with Crippen LogP contribution in [0.2, 0.25) is 0 Å². The molecular weight excluding hydrogens is 512 g/mol. The number of aliphatic hydroxyl groups excluding tert-OH is 1. The average molecular weight is 549 g/mol. The van der Waals surface area contributed by atoms with E-state index in [-0.39, 0.29) is 42.8 Å². The number of anilines is 1. The molecule has 0 radical (unpaired) electrons. The van der Waals surface area contributed by atoms with Crippen molar-refractivity contribution in [2.45, 2.75) is 54.7 Å². The molecule has 7 nitrogen and oxygen atoms in total. The molecule has 3 heterocycles. The Morgan fingerprint density at radius 3 is 2.72 bits per heavy atom. The SMILES string of the molecule is C=CCCCOC(=O)[C@@H]1[C@H]2C(=O)N([C@H](C)CO)C(C(=O)N(CC=C)c3ccc4ccccc4c3)C23CC[C@H]1S3. The molecule has 0 aromatic heterocycles. The fourth-order valence-electron chi connectivity index (χ4n) is 6.64. The lowest BCUT2D eigenvalue weighted by Gasteiger charge is -2.38. The number of fused-ring (bicyclic) bond motifs is 2. The second-order valence-corrected chi connectivity index (χ2v) is 12.3. The van der Waals surface area contributed by atoms with Crippen LogP contribution in [-0.4, -0.2) is 69.6 Å². The molecule has 5 rings (SSSR count). The fraction of sp³-hybridized carbons (Fsp3) is 0.452. The summed E-state index contributed by atoms with van der Waals surface area (Å²) in [5, 5.41) is 12.1. The summed E-state index contributed by atoms with van der Waals surface area (Å²) in [7, 11) is 0. The fourth-order valence-corrected chi connectivity index (χ4v) is 8.83. The smallest absolute Gasteiger partial charge is 0.310 e. The maximum Gasteiger partial charge on any atom is 0.310 e.